The maximum atomic E-state index is 2.52. The molecule has 5 aliphatic carbocycles. The monoisotopic (exact) mass is 530 g/mol. The van der Waals surface area contributed by atoms with Gasteiger partial charge in [0.2, 0.25) is 0 Å². The second kappa shape index (κ2) is 6.53. The Kier molecular flexibility index (Phi) is 3.28. The quantitative estimate of drug-likeness (QED) is 0.183. The molecule has 1 fully saturated rings. The molecule has 0 aliphatic heterocycles. The number of rotatable bonds is 0. The van der Waals surface area contributed by atoms with Crippen LogP contribution in [0.15, 0.2) is 121 Å². The molecule has 6 aromatic rings. The molecule has 0 N–H and O–H groups in total. The van der Waals surface area contributed by atoms with E-state index in [-0.39, 0.29) is 10.8 Å². The van der Waals surface area contributed by atoms with Crippen molar-refractivity contribution >= 4 is 22.9 Å². The predicted molar refractivity (Wildman–Crippen MR) is 169 cm³/mol. The molecule has 0 atom stereocenters. The minimum atomic E-state index is -0.387. The molecule has 0 heterocycles. The Morgan fingerprint density at radius 2 is 0.643 bits per heavy atom. The molecule has 0 radical (unpaired) electrons. The van der Waals surface area contributed by atoms with Gasteiger partial charge in [0.1, 0.15) is 0 Å². The first kappa shape index (κ1) is 21.1. The Balaban J connectivity index is 1.48. The van der Waals surface area contributed by atoms with Crippen molar-refractivity contribution in [3.05, 3.63) is 188 Å². The van der Waals surface area contributed by atoms with Gasteiger partial charge in [-0.1, -0.05) is 133 Å². The molecule has 0 aromatic heterocycles. The summed E-state index contributed by atoms with van der Waals surface area (Å²) in [5.74, 6) is 1.85. The number of fused-ring (bicyclic) bond motifs is 19. The van der Waals surface area contributed by atoms with Crippen LogP contribution < -0.4 is 0 Å². The first-order valence-corrected chi connectivity index (χ1v) is 15.5. The van der Waals surface area contributed by atoms with E-state index < -0.39 is 0 Å². The van der Waals surface area contributed by atoms with Crippen LogP contribution in [0.3, 0.4) is 0 Å². The van der Waals surface area contributed by atoms with Crippen molar-refractivity contribution in [1.29, 1.82) is 0 Å². The van der Waals surface area contributed by atoms with E-state index in [0.717, 1.165) is 0 Å². The summed E-state index contributed by atoms with van der Waals surface area (Å²) in [6.07, 6.45) is 4.66. The van der Waals surface area contributed by atoms with Crippen LogP contribution in [0.4, 0.5) is 0 Å². The maximum absolute atomic E-state index is 2.52. The summed E-state index contributed by atoms with van der Waals surface area (Å²) in [4.78, 5) is 0. The van der Waals surface area contributed by atoms with Crippen LogP contribution in [0.25, 0.3) is 22.9 Å². The summed E-state index contributed by atoms with van der Waals surface area (Å²) < 4.78 is 0. The Bertz CT molecular complexity index is 2030. The normalized spacial score (nSPS) is 30.0. The lowest BCUT2D eigenvalue weighted by Gasteiger charge is -2.53. The lowest BCUT2D eigenvalue weighted by Crippen LogP contribution is -2.51. The third-order valence-corrected chi connectivity index (χ3v) is 12.5. The molecule has 0 unspecified atom stereocenters. The third kappa shape index (κ3) is 1.82. The van der Waals surface area contributed by atoms with Crippen LogP contribution in [0.2, 0.25) is 0 Å². The highest BCUT2D eigenvalue weighted by atomic mass is 14.7. The molecule has 1 saturated carbocycles. The van der Waals surface area contributed by atoms with Crippen LogP contribution >= 0.6 is 0 Å². The summed E-state index contributed by atoms with van der Waals surface area (Å²) >= 11 is 0. The van der Waals surface area contributed by atoms with Gasteiger partial charge in [-0.05, 0) is 101 Å². The second-order valence-corrected chi connectivity index (χ2v) is 13.4. The van der Waals surface area contributed by atoms with E-state index in [2.05, 4.69) is 133 Å². The molecule has 11 rings (SSSR count). The number of hydrogen-bond donors (Lipinski definition) is 0. The highest BCUT2D eigenvalue weighted by molar-refractivity contribution is 6.11. The summed E-state index contributed by atoms with van der Waals surface area (Å²) in [6, 6.07) is 48.4. The zero-order valence-corrected chi connectivity index (χ0v) is 23.0. The molecule has 0 saturated heterocycles. The van der Waals surface area contributed by atoms with Gasteiger partial charge in [-0.3, -0.25) is 0 Å². The smallest absolute Gasteiger partial charge is 0.0620 e. The fourth-order valence-electron chi connectivity index (χ4n) is 11.5. The zero-order valence-electron chi connectivity index (χ0n) is 23.0. The fraction of sp³-hybridized carbons (Fsp3) is 0.143. The van der Waals surface area contributed by atoms with Gasteiger partial charge in [0.15, 0.2) is 0 Å². The molecule has 6 aromatic carbocycles. The zero-order chi connectivity index (χ0) is 26.9. The third-order valence-electron chi connectivity index (χ3n) is 12.5. The Morgan fingerprint density at radius 3 is 1.00 bits per heavy atom. The average molecular weight is 531 g/mol. The number of benzene rings is 6. The molecule has 0 amide bonds. The molecule has 2 spiro atoms. The lowest BCUT2D eigenvalue weighted by atomic mass is 9.48. The molecule has 0 bridgehead atoms. The molecule has 42 heavy (non-hydrogen) atoms. The first-order chi connectivity index (χ1) is 20.9. The van der Waals surface area contributed by atoms with E-state index in [0.29, 0.717) is 23.7 Å². The standard InChI is InChI=1S/C42H26/c1-5-13-29-25(9-1)36-37-26-10-2-6-14-30(26)41(29)33-21-19-23-17-18-24-20-22-34(40(33)35(23)24)42(41)31-15-7-3-11-27(31)38(36)39(37)28-12-4-8-16-32(28)42/h1-22,36-39H. The van der Waals surface area contributed by atoms with Crippen molar-refractivity contribution in [3.63, 3.8) is 0 Å². The van der Waals surface area contributed by atoms with E-state index in [4.69, 9.17) is 0 Å². The van der Waals surface area contributed by atoms with Crippen molar-refractivity contribution in [2.45, 2.75) is 34.5 Å². The largest absolute Gasteiger partial charge is 0.0641 e. The SMILES string of the molecule is C1=Cc2ccc3c4c(ccc1c24)C12c4ccccc4C4C(c5ccccc51)C1c5ccccc5C32c2ccccc2C41. The van der Waals surface area contributed by atoms with Crippen LogP contribution in [0.5, 0.6) is 0 Å². The van der Waals surface area contributed by atoms with Crippen LogP contribution in [0.1, 0.15) is 90.4 Å². The van der Waals surface area contributed by atoms with Crippen molar-refractivity contribution < 1.29 is 0 Å². The first-order valence-electron chi connectivity index (χ1n) is 15.5. The fourth-order valence-corrected chi connectivity index (χ4v) is 11.5. The van der Waals surface area contributed by atoms with Gasteiger partial charge in [0, 0.05) is 0 Å². The predicted octanol–water partition coefficient (Wildman–Crippen LogP) is 9.39. The molecule has 0 heteroatoms. The minimum absolute atomic E-state index is 0.387. The Morgan fingerprint density at radius 1 is 0.310 bits per heavy atom. The van der Waals surface area contributed by atoms with Crippen molar-refractivity contribution in [1.82, 2.24) is 0 Å². The van der Waals surface area contributed by atoms with Crippen LogP contribution in [-0.4, -0.2) is 0 Å². The average Bonchev–Trinajstić information content (AvgIpc) is 3.53. The van der Waals surface area contributed by atoms with E-state index in [9.17, 15) is 0 Å². The number of hydrogen-bond acceptors (Lipinski definition) is 0. The Labute approximate surface area is 245 Å². The molecular formula is C42H26. The lowest BCUT2D eigenvalue weighted by molar-refractivity contribution is 0.230. The van der Waals surface area contributed by atoms with Gasteiger partial charge in [-0.25, -0.2) is 0 Å². The molecule has 0 nitrogen and oxygen atoms in total. The summed E-state index contributed by atoms with van der Waals surface area (Å²) in [7, 11) is 0. The Hall–Kier alpha value is -4.68. The topological polar surface area (TPSA) is 0 Å². The van der Waals surface area contributed by atoms with E-state index in [1.165, 1.54) is 55.3 Å². The van der Waals surface area contributed by atoms with Crippen molar-refractivity contribution in [2.75, 3.05) is 0 Å². The summed E-state index contributed by atoms with van der Waals surface area (Å²) in [5, 5.41) is 2.93. The highest BCUT2D eigenvalue weighted by Gasteiger charge is 2.72. The highest BCUT2D eigenvalue weighted by Crippen LogP contribution is 2.80. The summed E-state index contributed by atoms with van der Waals surface area (Å²) in [5.41, 5.74) is 17.3. The second-order valence-electron chi connectivity index (χ2n) is 13.4. The van der Waals surface area contributed by atoms with Crippen molar-refractivity contribution in [3.8, 4) is 0 Å². The molecule has 194 valence electrons. The van der Waals surface area contributed by atoms with Gasteiger partial charge < -0.3 is 0 Å². The van der Waals surface area contributed by atoms with Gasteiger partial charge in [-0.2, -0.15) is 0 Å². The van der Waals surface area contributed by atoms with Crippen LogP contribution in [0, 0.1) is 0 Å². The van der Waals surface area contributed by atoms with Gasteiger partial charge in [-0.15, -0.1) is 0 Å². The van der Waals surface area contributed by atoms with Gasteiger partial charge >= 0.3 is 0 Å². The van der Waals surface area contributed by atoms with Crippen molar-refractivity contribution in [2.24, 2.45) is 0 Å². The van der Waals surface area contributed by atoms with Gasteiger partial charge in [0.25, 0.3) is 0 Å². The van der Waals surface area contributed by atoms with Gasteiger partial charge in [0.05, 0.1) is 10.8 Å². The van der Waals surface area contributed by atoms with Crippen LogP contribution in [-0.2, 0) is 10.8 Å². The minimum Gasteiger partial charge on any atom is -0.0620 e. The summed E-state index contributed by atoms with van der Waals surface area (Å²) in [6.45, 7) is 0. The molecular weight excluding hydrogens is 504 g/mol. The molecule has 5 aliphatic rings. The van der Waals surface area contributed by atoms with E-state index >= 15 is 0 Å². The maximum Gasteiger partial charge on any atom is 0.0641 e. The van der Waals surface area contributed by atoms with E-state index in [1.807, 2.05) is 0 Å². The van der Waals surface area contributed by atoms with E-state index in [1.54, 1.807) is 22.3 Å².